The molecule has 2 aromatic rings. The van der Waals surface area contributed by atoms with Crippen molar-refractivity contribution < 1.29 is 22.0 Å². The van der Waals surface area contributed by atoms with E-state index in [-0.39, 0.29) is 17.5 Å². The van der Waals surface area contributed by atoms with Crippen molar-refractivity contribution >= 4 is 0 Å². The van der Waals surface area contributed by atoms with E-state index in [2.05, 4.69) is 5.32 Å². The van der Waals surface area contributed by atoms with E-state index in [0.29, 0.717) is 0 Å². The highest BCUT2D eigenvalue weighted by Crippen LogP contribution is 2.25. The van der Waals surface area contributed by atoms with E-state index in [1.54, 1.807) is 0 Å². The van der Waals surface area contributed by atoms with Crippen molar-refractivity contribution in [3.05, 3.63) is 70.5 Å². The standard InChI is InChI=1S/C15H12F5N/c1-21-12(7-8-3-2-4-10(16)13(8)18)9-5-6-11(17)15(20)14(9)19/h2-6,12,21H,7H2,1H3. The van der Waals surface area contributed by atoms with Crippen LogP contribution >= 0.6 is 0 Å². The highest BCUT2D eigenvalue weighted by Gasteiger charge is 2.21. The van der Waals surface area contributed by atoms with Gasteiger partial charge < -0.3 is 5.32 Å². The van der Waals surface area contributed by atoms with Gasteiger partial charge in [-0.15, -0.1) is 0 Å². The van der Waals surface area contributed by atoms with Crippen molar-refractivity contribution in [2.75, 3.05) is 7.05 Å². The Morgan fingerprint density at radius 3 is 2.19 bits per heavy atom. The van der Waals surface area contributed by atoms with Crippen LogP contribution in [0.4, 0.5) is 22.0 Å². The van der Waals surface area contributed by atoms with Crippen LogP contribution in [0, 0.1) is 29.1 Å². The quantitative estimate of drug-likeness (QED) is 0.667. The molecule has 0 aliphatic rings. The van der Waals surface area contributed by atoms with E-state index in [9.17, 15) is 22.0 Å². The minimum absolute atomic E-state index is 0.0125. The minimum atomic E-state index is -1.59. The lowest BCUT2D eigenvalue weighted by Crippen LogP contribution is -2.21. The van der Waals surface area contributed by atoms with Gasteiger partial charge >= 0.3 is 0 Å². The fourth-order valence-corrected chi connectivity index (χ4v) is 2.10. The maximum Gasteiger partial charge on any atom is 0.194 e. The molecule has 21 heavy (non-hydrogen) atoms. The molecule has 0 saturated heterocycles. The summed E-state index contributed by atoms with van der Waals surface area (Å²) in [4.78, 5) is 0. The predicted octanol–water partition coefficient (Wildman–Crippen LogP) is 3.89. The van der Waals surface area contributed by atoms with Crippen molar-refractivity contribution in [2.24, 2.45) is 0 Å². The second-order valence-corrected chi connectivity index (χ2v) is 4.52. The summed E-state index contributed by atoms with van der Waals surface area (Å²) in [5.74, 6) is -6.30. The van der Waals surface area contributed by atoms with Crippen LogP contribution in [0.1, 0.15) is 17.2 Å². The highest BCUT2D eigenvalue weighted by molar-refractivity contribution is 5.27. The van der Waals surface area contributed by atoms with Crippen molar-refractivity contribution in [2.45, 2.75) is 12.5 Å². The van der Waals surface area contributed by atoms with E-state index < -0.39 is 35.1 Å². The molecule has 2 rings (SSSR count). The third-order valence-corrected chi connectivity index (χ3v) is 3.24. The number of rotatable bonds is 4. The Balaban J connectivity index is 2.37. The Bertz CT molecular complexity index is 657. The van der Waals surface area contributed by atoms with Gasteiger partial charge in [-0.25, -0.2) is 22.0 Å². The Hall–Kier alpha value is -1.95. The first-order valence-electron chi connectivity index (χ1n) is 6.19. The molecule has 1 unspecified atom stereocenters. The van der Waals surface area contributed by atoms with E-state index in [1.165, 1.54) is 19.2 Å². The van der Waals surface area contributed by atoms with Gasteiger partial charge in [-0.2, -0.15) is 0 Å². The maximum atomic E-state index is 13.8. The zero-order chi connectivity index (χ0) is 15.6. The molecule has 1 nitrogen and oxygen atoms in total. The third kappa shape index (κ3) is 3.05. The second-order valence-electron chi connectivity index (χ2n) is 4.52. The van der Waals surface area contributed by atoms with E-state index >= 15 is 0 Å². The molecule has 0 aliphatic heterocycles. The van der Waals surface area contributed by atoms with Gasteiger partial charge in [0.15, 0.2) is 29.1 Å². The first kappa shape index (κ1) is 15.4. The Morgan fingerprint density at radius 2 is 1.52 bits per heavy atom. The smallest absolute Gasteiger partial charge is 0.194 e. The van der Waals surface area contributed by atoms with Gasteiger partial charge in [0.25, 0.3) is 0 Å². The second kappa shape index (κ2) is 6.22. The van der Waals surface area contributed by atoms with Crippen LogP contribution in [0.3, 0.4) is 0 Å². The summed E-state index contributed by atoms with van der Waals surface area (Å²) >= 11 is 0. The molecule has 0 radical (unpaired) electrons. The van der Waals surface area contributed by atoms with Crippen LogP contribution in [-0.4, -0.2) is 7.05 Å². The zero-order valence-electron chi connectivity index (χ0n) is 11.1. The summed E-state index contributed by atoms with van der Waals surface area (Å²) in [5, 5.41) is 2.68. The highest BCUT2D eigenvalue weighted by atomic mass is 19.2. The Kier molecular flexibility index (Phi) is 4.57. The number of hydrogen-bond acceptors (Lipinski definition) is 1. The van der Waals surface area contributed by atoms with Gasteiger partial charge in [0.1, 0.15) is 0 Å². The molecule has 2 aromatic carbocycles. The van der Waals surface area contributed by atoms with Gasteiger partial charge in [0, 0.05) is 11.6 Å². The number of nitrogens with one attached hydrogen (secondary N) is 1. The number of hydrogen-bond donors (Lipinski definition) is 1. The first-order chi connectivity index (χ1) is 9.95. The molecule has 1 N–H and O–H groups in total. The van der Waals surface area contributed by atoms with Crippen molar-refractivity contribution in [3.63, 3.8) is 0 Å². The topological polar surface area (TPSA) is 12.0 Å². The summed E-state index contributed by atoms with van der Waals surface area (Å²) in [6, 6.07) is 4.68. The summed E-state index contributed by atoms with van der Waals surface area (Å²) < 4.78 is 66.7. The first-order valence-corrected chi connectivity index (χ1v) is 6.19. The molecular formula is C15H12F5N. The van der Waals surface area contributed by atoms with Crippen LogP contribution < -0.4 is 5.32 Å². The van der Waals surface area contributed by atoms with Crippen LogP contribution in [0.5, 0.6) is 0 Å². The van der Waals surface area contributed by atoms with E-state index in [0.717, 1.165) is 18.2 Å². The zero-order valence-corrected chi connectivity index (χ0v) is 11.1. The summed E-state index contributed by atoms with van der Waals surface area (Å²) in [6.45, 7) is 0. The molecule has 0 aliphatic carbocycles. The molecule has 6 heteroatoms. The summed E-state index contributed by atoms with van der Waals surface area (Å²) in [6.07, 6.45) is -0.109. The number of benzene rings is 2. The maximum absolute atomic E-state index is 13.8. The Morgan fingerprint density at radius 1 is 0.857 bits per heavy atom. The predicted molar refractivity (Wildman–Crippen MR) is 68.2 cm³/mol. The van der Waals surface area contributed by atoms with Crippen LogP contribution in [0.2, 0.25) is 0 Å². The molecular weight excluding hydrogens is 289 g/mol. The normalized spacial score (nSPS) is 12.5. The van der Waals surface area contributed by atoms with Gasteiger partial charge in [-0.3, -0.25) is 0 Å². The van der Waals surface area contributed by atoms with Gasteiger partial charge in [0.05, 0.1) is 0 Å². The molecule has 0 aromatic heterocycles. The average molecular weight is 301 g/mol. The average Bonchev–Trinajstić information content (AvgIpc) is 2.47. The van der Waals surface area contributed by atoms with E-state index in [1.807, 2.05) is 0 Å². The van der Waals surface area contributed by atoms with Crippen LogP contribution in [-0.2, 0) is 6.42 Å². The lowest BCUT2D eigenvalue weighted by atomic mass is 9.98. The van der Waals surface area contributed by atoms with Crippen LogP contribution in [0.15, 0.2) is 30.3 Å². The fraction of sp³-hybridized carbons (Fsp3) is 0.200. The van der Waals surface area contributed by atoms with Gasteiger partial charge in [-0.1, -0.05) is 18.2 Å². The molecule has 0 spiro atoms. The number of halogens is 5. The van der Waals surface area contributed by atoms with Crippen molar-refractivity contribution in [1.82, 2.24) is 5.32 Å². The lowest BCUT2D eigenvalue weighted by molar-refractivity contribution is 0.426. The number of likely N-dealkylation sites (N-methyl/N-ethyl adjacent to an activating group) is 1. The molecule has 0 saturated carbocycles. The molecule has 0 amide bonds. The van der Waals surface area contributed by atoms with E-state index in [4.69, 9.17) is 0 Å². The molecule has 1 atom stereocenters. The minimum Gasteiger partial charge on any atom is -0.313 e. The van der Waals surface area contributed by atoms with Gasteiger partial charge in [-0.05, 0) is 31.2 Å². The fourth-order valence-electron chi connectivity index (χ4n) is 2.10. The summed E-state index contributed by atoms with van der Waals surface area (Å²) in [7, 11) is 1.46. The van der Waals surface area contributed by atoms with Gasteiger partial charge in [0.2, 0.25) is 0 Å². The lowest BCUT2D eigenvalue weighted by Gasteiger charge is -2.18. The summed E-state index contributed by atoms with van der Waals surface area (Å²) in [5.41, 5.74) is -0.140. The van der Waals surface area contributed by atoms with Crippen molar-refractivity contribution in [1.29, 1.82) is 0 Å². The largest absolute Gasteiger partial charge is 0.313 e. The molecule has 0 bridgehead atoms. The molecule has 0 fully saturated rings. The Labute approximate surface area is 118 Å². The molecule has 0 heterocycles. The van der Waals surface area contributed by atoms with Crippen LogP contribution in [0.25, 0.3) is 0 Å². The monoisotopic (exact) mass is 301 g/mol. The SMILES string of the molecule is CNC(Cc1cccc(F)c1F)c1ccc(F)c(F)c1F. The third-order valence-electron chi connectivity index (χ3n) is 3.24. The molecule has 112 valence electrons. The van der Waals surface area contributed by atoms with Crippen molar-refractivity contribution in [3.8, 4) is 0 Å².